The van der Waals surface area contributed by atoms with Crippen molar-refractivity contribution in [2.24, 2.45) is 5.41 Å². The Hall–Kier alpha value is -2.09. The molecule has 1 N–H and O–H groups in total. The van der Waals surface area contributed by atoms with Crippen molar-refractivity contribution in [1.29, 1.82) is 0 Å². The van der Waals surface area contributed by atoms with E-state index in [1.165, 1.54) is 18.2 Å². The molecule has 1 saturated carbocycles. The predicted octanol–water partition coefficient (Wildman–Crippen LogP) is 2.28. The number of alkyl halides is 3. The number of nitrogens with zero attached hydrogens (tertiary/aromatic N) is 1. The van der Waals surface area contributed by atoms with Crippen molar-refractivity contribution in [3.05, 3.63) is 29.8 Å². The van der Waals surface area contributed by atoms with Crippen LogP contribution < -0.4 is 5.32 Å². The molecule has 2 aliphatic rings. The molecule has 1 aliphatic carbocycles. The summed E-state index contributed by atoms with van der Waals surface area (Å²) in [6.07, 6.45) is -3.87. The molecule has 0 spiro atoms. The monoisotopic (exact) mass is 342 g/mol. The Morgan fingerprint density at radius 3 is 2.33 bits per heavy atom. The number of halogens is 3. The molecule has 0 unspecified atom stereocenters. The van der Waals surface area contributed by atoms with E-state index in [2.05, 4.69) is 5.32 Å². The molecule has 0 bridgehead atoms. The maximum absolute atomic E-state index is 13.0. The molecule has 1 aliphatic heterocycles. The number of morpholine rings is 1. The Balaban J connectivity index is 1.77. The second kappa shape index (κ2) is 6.08. The zero-order valence-electron chi connectivity index (χ0n) is 12.9. The molecule has 24 heavy (non-hydrogen) atoms. The largest absolute Gasteiger partial charge is 0.418 e. The summed E-state index contributed by atoms with van der Waals surface area (Å²) in [5.74, 6) is -0.997. The first-order valence-corrected chi connectivity index (χ1v) is 7.69. The summed E-state index contributed by atoms with van der Waals surface area (Å²) in [7, 11) is 0. The highest BCUT2D eigenvalue weighted by Gasteiger charge is 2.58. The second-order valence-corrected chi connectivity index (χ2v) is 5.98. The van der Waals surface area contributed by atoms with Crippen LogP contribution in [0.5, 0.6) is 0 Å². The summed E-state index contributed by atoms with van der Waals surface area (Å²) in [6.45, 7) is 1.60. The number of ether oxygens (including phenoxy) is 1. The Morgan fingerprint density at radius 1 is 1.12 bits per heavy atom. The minimum absolute atomic E-state index is 0.323. The lowest BCUT2D eigenvalue weighted by Crippen LogP contribution is -2.47. The fourth-order valence-corrected chi connectivity index (χ4v) is 2.81. The van der Waals surface area contributed by atoms with Gasteiger partial charge in [0.25, 0.3) is 0 Å². The number of rotatable bonds is 3. The van der Waals surface area contributed by atoms with Gasteiger partial charge in [-0.1, -0.05) is 12.1 Å². The summed E-state index contributed by atoms with van der Waals surface area (Å²) < 4.78 is 44.2. The van der Waals surface area contributed by atoms with Gasteiger partial charge in [0.05, 0.1) is 24.5 Å². The van der Waals surface area contributed by atoms with Crippen LogP contribution in [0.15, 0.2) is 24.3 Å². The molecule has 0 radical (unpaired) electrons. The molecule has 1 aromatic carbocycles. The number of benzene rings is 1. The van der Waals surface area contributed by atoms with Crippen molar-refractivity contribution in [3.8, 4) is 0 Å². The van der Waals surface area contributed by atoms with Gasteiger partial charge in [-0.3, -0.25) is 9.59 Å². The topological polar surface area (TPSA) is 58.6 Å². The third kappa shape index (κ3) is 3.10. The van der Waals surface area contributed by atoms with Crippen molar-refractivity contribution >= 4 is 17.5 Å². The Labute approximate surface area is 136 Å². The molecular weight excluding hydrogens is 325 g/mol. The van der Waals surface area contributed by atoms with Crippen molar-refractivity contribution in [2.75, 3.05) is 31.6 Å². The van der Waals surface area contributed by atoms with Gasteiger partial charge in [0.15, 0.2) is 0 Å². The maximum Gasteiger partial charge on any atom is 0.418 e. The normalized spacial score (nSPS) is 19.7. The number of para-hydroxylation sites is 1. The molecular formula is C16H17F3N2O3. The molecule has 8 heteroatoms. The molecule has 2 fully saturated rings. The number of nitrogens with one attached hydrogen (secondary N) is 1. The zero-order valence-corrected chi connectivity index (χ0v) is 12.9. The zero-order chi connectivity index (χ0) is 17.4. The highest BCUT2D eigenvalue weighted by atomic mass is 19.4. The molecule has 1 aromatic rings. The van der Waals surface area contributed by atoms with Crippen LogP contribution in [0.2, 0.25) is 0 Å². The summed E-state index contributed by atoms with van der Waals surface area (Å²) >= 11 is 0. The average molecular weight is 342 g/mol. The van der Waals surface area contributed by atoms with E-state index in [1.807, 2.05) is 0 Å². The van der Waals surface area contributed by atoms with Crippen molar-refractivity contribution < 1.29 is 27.5 Å². The molecule has 0 aromatic heterocycles. The van der Waals surface area contributed by atoms with E-state index in [0.717, 1.165) is 6.07 Å². The third-order valence-electron chi connectivity index (χ3n) is 4.37. The molecule has 2 amide bonds. The highest BCUT2D eigenvalue weighted by Crippen LogP contribution is 2.48. The number of hydrogen-bond donors (Lipinski definition) is 1. The number of carbonyl (C=O) groups excluding carboxylic acids is 2. The van der Waals surface area contributed by atoms with Crippen molar-refractivity contribution in [1.82, 2.24) is 4.90 Å². The summed E-state index contributed by atoms with van der Waals surface area (Å²) in [5, 5.41) is 2.30. The van der Waals surface area contributed by atoms with Crippen LogP contribution in [0.1, 0.15) is 18.4 Å². The van der Waals surface area contributed by atoms with Crippen molar-refractivity contribution in [2.45, 2.75) is 19.0 Å². The van der Waals surface area contributed by atoms with Gasteiger partial charge in [0, 0.05) is 13.1 Å². The van der Waals surface area contributed by atoms with Gasteiger partial charge in [0.1, 0.15) is 5.41 Å². The standard InChI is InChI=1S/C16H17F3N2O3/c17-16(18,19)11-3-1-2-4-12(11)20-13(22)15(5-6-15)14(23)21-7-9-24-10-8-21/h1-4H,5-10H2,(H,20,22). The van der Waals surface area contributed by atoms with E-state index in [4.69, 9.17) is 4.74 Å². The number of anilines is 1. The first-order valence-electron chi connectivity index (χ1n) is 7.69. The van der Waals surface area contributed by atoms with Gasteiger partial charge < -0.3 is 15.0 Å². The van der Waals surface area contributed by atoms with Gasteiger partial charge in [-0.15, -0.1) is 0 Å². The first-order chi connectivity index (χ1) is 11.3. The van der Waals surface area contributed by atoms with E-state index in [0.29, 0.717) is 39.1 Å². The minimum atomic E-state index is -4.57. The SMILES string of the molecule is O=C(Nc1ccccc1C(F)(F)F)C1(C(=O)N2CCOCC2)CC1. The van der Waals surface area contributed by atoms with Crippen molar-refractivity contribution in [3.63, 3.8) is 0 Å². The van der Waals surface area contributed by atoms with E-state index in [1.54, 1.807) is 4.90 Å². The van der Waals surface area contributed by atoms with E-state index in [-0.39, 0.29) is 11.6 Å². The number of hydrogen-bond acceptors (Lipinski definition) is 3. The van der Waals surface area contributed by atoms with Crippen LogP contribution >= 0.6 is 0 Å². The molecule has 1 saturated heterocycles. The average Bonchev–Trinajstić information content (AvgIpc) is 3.36. The predicted molar refractivity (Wildman–Crippen MR) is 79.1 cm³/mol. The number of carbonyl (C=O) groups is 2. The molecule has 1 heterocycles. The minimum Gasteiger partial charge on any atom is -0.378 e. The van der Waals surface area contributed by atoms with Gasteiger partial charge in [-0.05, 0) is 25.0 Å². The van der Waals surface area contributed by atoms with E-state index in [9.17, 15) is 22.8 Å². The van der Waals surface area contributed by atoms with Crippen LogP contribution in [-0.2, 0) is 20.5 Å². The Kier molecular flexibility index (Phi) is 4.25. The van der Waals surface area contributed by atoms with Crippen LogP contribution in [0.4, 0.5) is 18.9 Å². The summed E-state index contributed by atoms with van der Waals surface area (Å²) in [5.41, 5.74) is -2.49. The maximum atomic E-state index is 13.0. The van der Waals surface area contributed by atoms with Crippen LogP contribution in [0.25, 0.3) is 0 Å². The fraction of sp³-hybridized carbons (Fsp3) is 0.500. The van der Waals surface area contributed by atoms with Crippen LogP contribution in [0, 0.1) is 5.41 Å². The lowest BCUT2D eigenvalue weighted by Gasteiger charge is -2.30. The third-order valence-corrected chi connectivity index (χ3v) is 4.37. The van der Waals surface area contributed by atoms with E-state index >= 15 is 0 Å². The Morgan fingerprint density at radius 2 is 1.75 bits per heavy atom. The lowest BCUT2D eigenvalue weighted by atomic mass is 10.0. The molecule has 130 valence electrons. The molecule has 5 nitrogen and oxygen atoms in total. The van der Waals surface area contributed by atoms with Gasteiger partial charge in [-0.25, -0.2) is 0 Å². The van der Waals surface area contributed by atoms with Gasteiger partial charge >= 0.3 is 6.18 Å². The van der Waals surface area contributed by atoms with Gasteiger partial charge in [0.2, 0.25) is 11.8 Å². The highest BCUT2D eigenvalue weighted by molar-refractivity contribution is 6.13. The Bertz CT molecular complexity index is 650. The molecule has 3 rings (SSSR count). The fourth-order valence-electron chi connectivity index (χ4n) is 2.81. The quantitative estimate of drug-likeness (QED) is 0.858. The second-order valence-electron chi connectivity index (χ2n) is 5.98. The summed E-state index contributed by atoms with van der Waals surface area (Å²) in [4.78, 5) is 26.6. The van der Waals surface area contributed by atoms with Gasteiger partial charge in [-0.2, -0.15) is 13.2 Å². The molecule has 0 atom stereocenters. The van der Waals surface area contributed by atoms with E-state index < -0.39 is 23.1 Å². The first kappa shape index (κ1) is 16.8. The summed E-state index contributed by atoms with van der Waals surface area (Å²) in [6, 6.07) is 4.76. The lowest BCUT2D eigenvalue weighted by molar-refractivity contribution is -0.145. The van der Waals surface area contributed by atoms with Crippen LogP contribution in [-0.4, -0.2) is 43.0 Å². The number of amides is 2. The smallest absolute Gasteiger partial charge is 0.378 e. The van der Waals surface area contributed by atoms with Crippen LogP contribution in [0.3, 0.4) is 0 Å².